The van der Waals surface area contributed by atoms with Crippen LogP contribution in [0, 0.1) is 10.1 Å². The number of ether oxygens (including phenoxy) is 2. The molecule has 0 aromatic heterocycles. The van der Waals surface area contributed by atoms with Crippen LogP contribution in [0.25, 0.3) is 22.4 Å². The summed E-state index contributed by atoms with van der Waals surface area (Å²) < 4.78 is 10.5. The highest BCUT2D eigenvalue weighted by atomic mass is 16.6. The first-order chi connectivity index (χ1) is 13.9. The van der Waals surface area contributed by atoms with Crippen LogP contribution in [-0.2, 0) is 4.79 Å². The van der Waals surface area contributed by atoms with Gasteiger partial charge in [0, 0.05) is 34.2 Å². The van der Waals surface area contributed by atoms with Crippen molar-refractivity contribution in [1.29, 1.82) is 0 Å². The Morgan fingerprint density at radius 1 is 1.07 bits per heavy atom. The molecule has 0 saturated heterocycles. The quantitative estimate of drug-likeness (QED) is 0.395. The van der Waals surface area contributed by atoms with Crippen molar-refractivity contribution < 1.29 is 24.3 Å². The van der Waals surface area contributed by atoms with Gasteiger partial charge in [-0.1, -0.05) is 18.2 Å². The molecule has 8 nitrogen and oxygen atoms in total. The molecule has 1 amide bonds. The molecule has 0 saturated carbocycles. The molecule has 0 unspecified atom stereocenters. The topological polar surface area (TPSA) is 111 Å². The monoisotopic (exact) mass is 392 g/mol. The Balaban J connectivity index is 1.94. The van der Waals surface area contributed by atoms with Gasteiger partial charge in [0.1, 0.15) is 5.75 Å². The third-order valence-corrected chi connectivity index (χ3v) is 4.83. The van der Waals surface area contributed by atoms with E-state index in [-0.39, 0.29) is 22.6 Å². The summed E-state index contributed by atoms with van der Waals surface area (Å²) in [4.78, 5) is 23.6. The Morgan fingerprint density at radius 3 is 2.38 bits per heavy atom. The summed E-state index contributed by atoms with van der Waals surface area (Å²) >= 11 is 0. The van der Waals surface area contributed by atoms with Crippen LogP contribution in [0.15, 0.2) is 42.5 Å². The summed E-state index contributed by atoms with van der Waals surface area (Å²) in [6, 6.07) is 11.0. The fraction of sp³-hybridized carbons (Fsp3) is 0.0952. The number of nitrogens with zero attached hydrogens (tertiary/aromatic N) is 1. The van der Waals surface area contributed by atoms with Crippen molar-refractivity contribution in [2.45, 2.75) is 0 Å². The second-order valence-corrected chi connectivity index (χ2v) is 6.40. The zero-order valence-corrected chi connectivity index (χ0v) is 15.6. The molecule has 8 heteroatoms. The van der Waals surface area contributed by atoms with Crippen LogP contribution in [0.4, 0.5) is 11.4 Å². The van der Waals surface area contributed by atoms with Crippen molar-refractivity contribution in [2.24, 2.45) is 0 Å². The van der Waals surface area contributed by atoms with Crippen LogP contribution in [0.2, 0.25) is 0 Å². The highest BCUT2D eigenvalue weighted by Gasteiger charge is 2.28. The number of carbonyl (C=O) groups excluding carboxylic acids is 1. The van der Waals surface area contributed by atoms with Crippen molar-refractivity contribution >= 4 is 39.7 Å². The molecule has 1 heterocycles. The largest absolute Gasteiger partial charge is 0.507 e. The number of nitro benzene ring substituents is 1. The first-order valence-electron chi connectivity index (χ1n) is 8.63. The van der Waals surface area contributed by atoms with E-state index in [9.17, 15) is 20.0 Å². The van der Waals surface area contributed by atoms with Gasteiger partial charge in [-0.3, -0.25) is 14.9 Å². The number of phenolic OH excluding ortho intramolecular Hbond substituents is 1. The predicted octanol–water partition coefficient (Wildman–Crippen LogP) is 3.96. The lowest BCUT2D eigenvalue weighted by Crippen LogP contribution is -2.03. The van der Waals surface area contributed by atoms with Crippen LogP contribution >= 0.6 is 0 Å². The van der Waals surface area contributed by atoms with Gasteiger partial charge in [0.2, 0.25) is 0 Å². The van der Waals surface area contributed by atoms with E-state index in [0.29, 0.717) is 33.5 Å². The van der Waals surface area contributed by atoms with Gasteiger partial charge in [0.25, 0.3) is 11.6 Å². The molecule has 0 spiro atoms. The summed E-state index contributed by atoms with van der Waals surface area (Å²) in [6.45, 7) is 0. The SMILES string of the molecule is COc1cc2c(cc1OC)C(=Cc1cc([N+](=O)[O-])c3ccccc3c1O)C(=O)N2. The molecular formula is C21H16N2O6. The van der Waals surface area contributed by atoms with Gasteiger partial charge in [-0.05, 0) is 18.2 Å². The molecule has 0 atom stereocenters. The average Bonchev–Trinajstić information content (AvgIpc) is 3.02. The second kappa shape index (κ2) is 6.83. The van der Waals surface area contributed by atoms with E-state index in [2.05, 4.69) is 5.32 Å². The van der Waals surface area contributed by atoms with E-state index in [4.69, 9.17) is 9.47 Å². The number of benzene rings is 3. The fourth-order valence-electron chi connectivity index (χ4n) is 3.44. The number of fused-ring (bicyclic) bond motifs is 2. The van der Waals surface area contributed by atoms with Gasteiger partial charge >= 0.3 is 0 Å². The fourth-order valence-corrected chi connectivity index (χ4v) is 3.44. The lowest BCUT2D eigenvalue weighted by Gasteiger charge is -2.10. The Kier molecular flexibility index (Phi) is 4.31. The Bertz CT molecular complexity index is 1220. The number of methoxy groups -OCH3 is 2. The second-order valence-electron chi connectivity index (χ2n) is 6.40. The highest BCUT2D eigenvalue weighted by Crippen LogP contribution is 2.43. The smallest absolute Gasteiger partial charge is 0.278 e. The third-order valence-electron chi connectivity index (χ3n) is 4.83. The van der Waals surface area contributed by atoms with Gasteiger partial charge in [-0.15, -0.1) is 0 Å². The summed E-state index contributed by atoms with van der Waals surface area (Å²) in [5.41, 5.74) is 1.33. The summed E-state index contributed by atoms with van der Waals surface area (Å²) in [5.74, 6) is 0.352. The highest BCUT2D eigenvalue weighted by molar-refractivity contribution is 6.35. The van der Waals surface area contributed by atoms with Crippen LogP contribution in [0.5, 0.6) is 17.2 Å². The van der Waals surface area contributed by atoms with Crippen molar-refractivity contribution in [3.8, 4) is 17.2 Å². The standard InChI is InChI=1S/C21H16N2O6/c1-28-18-9-14-15(21(25)22-16(14)10-19(18)29-2)7-11-8-17(23(26)27)12-5-3-4-6-13(12)20(11)24/h3-10,24H,1-2H3,(H,22,25). The number of amides is 1. The molecule has 0 aliphatic carbocycles. The van der Waals surface area contributed by atoms with Gasteiger partial charge < -0.3 is 19.9 Å². The molecule has 1 aliphatic rings. The molecule has 1 aliphatic heterocycles. The number of nitro groups is 1. The first kappa shape index (κ1) is 18.3. The predicted molar refractivity (Wildman–Crippen MR) is 108 cm³/mol. The maximum absolute atomic E-state index is 12.6. The summed E-state index contributed by atoms with van der Waals surface area (Å²) in [6.07, 6.45) is 1.43. The molecule has 3 aromatic carbocycles. The minimum Gasteiger partial charge on any atom is -0.507 e. The molecule has 0 radical (unpaired) electrons. The molecule has 0 bridgehead atoms. The molecular weight excluding hydrogens is 376 g/mol. The van der Waals surface area contributed by atoms with Crippen LogP contribution in [0.1, 0.15) is 11.1 Å². The zero-order valence-electron chi connectivity index (χ0n) is 15.6. The Hall–Kier alpha value is -4.07. The number of carbonyl (C=O) groups is 1. The van der Waals surface area contributed by atoms with E-state index in [1.807, 2.05) is 0 Å². The molecule has 3 aromatic rings. The number of non-ortho nitro benzene ring substituents is 1. The van der Waals surface area contributed by atoms with Crippen molar-refractivity contribution in [3.05, 3.63) is 63.7 Å². The molecule has 4 rings (SSSR count). The van der Waals surface area contributed by atoms with E-state index in [0.717, 1.165) is 0 Å². The number of rotatable bonds is 4. The average molecular weight is 392 g/mol. The molecule has 2 N–H and O–H groups in total. The lowest BCUT2D eigenvalue weighted by atomic mass is 9.99. The van der Waals surface area contributed by atoms with Crippen LogP contribution in [-0.4, -0.2) is 30.2 Å². The first-order valence-corrected chi connectivity index (χ1v) is 8.63. The van der Waals surface area contributed by atoms with Gasteiger partial charge in [0.05, 0.1) is 30.2 Å². The third kappa shape index (κ3) is 2.91. The number of nitrogens with one attached hydrogen (secondary N) is 1. The van der Waals surface area contributed by atoms with E-state index >= 15 is 0 Å². The zero-order chi connectivity index (χ0) is 20.7. The number of hydrogen-bond acceptors (Lipinski definition) is 6. The maximum atomic E-state index is 12.6. The Morgan fingerprint density at radius 2 is 1.72 bits per heavy atom. The number of phenols is 1. The molecule has 146 valence electrons. The van der Waals surface area contributed by atoms with Gasteiger partial charge in [-0.25, -0.2) is 0 Å². The minimum absolute atomic E-state index is 0.138. The van der Waals surface area contributed by atoms with Crippen LogP contribution in [0.3, 0.4) is 0 Å². The maximum Gasteiger partial charge on any atom is 0.278 e. The van der Waals surface area contributed by atoms with E-state index in [1.165, 1.54) is 26.4 Å². The van der Waals surface area contributed by atoms with Crippen LogP contribution < -0.4 is 14.8 Å². The van der Waals surface area contributed by atoms with Gasteiger partial charge in [-0.2, -0.15) is 0 Å². The minimum atomic E-state index is -0.514. The van der Waals surface area contributed by atoms with E-state index < -0.39 is 10.8 Å². The number of anilines is 1. The van der Waals surface area contributed by atoms with Crippen molar-refractivity contribution in [2.75, 3.05) is 19.5 Å². The van der Waals surface area contributed by atoms with Crippen molar-refractivity contribution in [3.63, 3.8) is 0 Å². The Labute approximate surface area is 165 Å². The van der Waals surface area contributed by atoms with Crippen molar-refractivity contribution in [1.82, 2.24) is 0 Å². The summed E-state index contributed by atoms with van der Waals surface area (Å²) in [7, 11) is 2.97. The number of hydrogen-bond donors (Lipinski definition) is 2. The van der Waals surface area contributed by atoms with E-state index in [1.54, 1.807) is 36.4 Å². The summed E-state index contributed by atoms with van der Waals surface area (Å²) in [5, 5.41) is 25.6. The normalized spacial score (nSPS) is 14.0. The van der Waals surface area contributed by atoms with Gasteiger partial charge in [0.15, 0.2) is 11.5 Å². The molecule has 29 heavy (non-hydrogen) atoms. The number of aromatic hydroxyl groups is 1. The molecule has 0 fully saturated rings. The lowest BCUT2D eigenvalue weighted by molar-refractivity contribution is -0.383.